The van der Waals surface area contributed by atoms with Gasteiger partial charge in [-0.25, -0.2) is 9.50 Å². The summed E-state index contributed by atoms with van der Waals surface area (Å²) < 4.78 is 1.73. The van der Waals surface area contributed by atoms with Crippen molar-refractivity contribution < 1.29 is 4.79 Å². The summed E-state index contributed by atoms with van der Waals surface area (Å²) in [4.78, 5) is 19.1. The van der Waals surface area contributed by atoms with E-state index < -0.39 is 0 Å². The van der Waals surface area contributed by atoms with Crippen LogP contribution in [0.4, 0.5) is 0 Å². The third-order valence-electron chi connectivity index (χ3n) is 3.77. The molecule has 1 aliphatic rings. The Bertz CT molecular complexity index is 663. The number of nitrogens with zero attached hydrogens (tertiary/aromatic N) is 4. The lowest BCUT2D eigenvalue weighted by Crippen LogP contribution is -2.52. The number of hydrogen-bond donors (Lipinski definition) is 1. The molecular formula is C14H19N5O. The first-order valence-corrected chi connectivity index (χ1v) is 6.91. The summed E-state index contributed by atoms with van der Waals surface area (Å²) in [7, 11) is 0. The maximum Gasteiger partial charge on any atom is 0.259 e. The van der Waals surface area contributed by atoms with Gasteiger partial charge in [0.25, 0.3) is 5.91 Å². The summed E-state index contributed by atoms with van der Waals surface area (Å²) in [6.45, 7) is 8.34. The molecule has 0 aliphatic carbocycles. The molecular weight excluding hydrogens is 254 g/mol. The van der Waals surface area contributed by atoms with Crippen molar-refractivity contribution >= 4 is 11.6 Å². The Morgan fingerprint density at radius 2 is 2.25 bits per heavy atom. The Balaban J connectivity index is 2.03. The molecule has 0 saturated carbocycles. The molecule has 0 aromatic carbocycles. The maximum atomic E-state index is 12.7. The Kier molecular flexibility index (Phi) is 3.17. The summed E-state index contributed by atoms with van der Waals surface area (Å²) in [5, 5.41) is 7.58. The molecule has 1 N–H and O–H groups in total. The minimum atomic E-state index is 0.0199. The number of nitrogens with one attached hydrogen (secondary N) is 1. The van der Waals surface area contributed by atoms with Crippen LogP contribution in [0.25, 0.3) is 5.65 Å². The number of rotatable bonds is 1. The average Bonchev–Trinajstić information content (AvgIpc) is 2.82. The molecule has 6 nitrogen and oxygen atoms in total. The zero-order valence-electron chi connectivity index (χ0n) is 12.1. The first kappa shape index (κ1) is 13.1. The minimum absolute atomic E-state index is 0.0199. The number of aromatic nitrogens is 3. The largest absolute Gasteiger partial charge is 0.333 e. The van der Waals surface area contributed by atoms with E-state index in [-0.39, 0.29) is 11.9 Å². The van der Waals surface area contributed by atoms with Crippen LogP contribution in [0.3, 0.4) is 0 Å². The van der Waals surface area contributed by atoms with Crippen LogP contribution in [0.1, 0.15) is 28.7 Å². The first-order chi connectivity index (χ1) is 9.58. The van der Waals surface area contributed by atoms with Crippen LogP contribution in [0, 0.1) is 13.8 Å². The van der Waals surface area contributed by atoms with Gasteiger partial charge in [0.15, 0.2) is 5.65 Å². The standard InChI is InChI=1S/C14H19N5O/c1-9-6-10(2)19-13(17-9)12(8-16-19)14(20)18-5-4-15-7-11(18)3/h6,8,11,15H,4-5,7H2,1-3H3/t11-/m1/s1. The topological polar surface area (TPSA) is 62.5 Å². The van der Waals surface area contributed by atoms with Crippen molar-refractivity contribution in [2.45, 2.75) is 26.8 Å². The summed E-state index contributed by atoms with van der Waals surface area (Å²) in [5.74, 6) is 0.0199. The monoisotopic (exact) mass is 273 g/mol. The number of piperazine rings is 1. The smallest absolute Gasteiger partial charge is 0.259 e. The number of carbonyl (C=O) groups excluding carboxylic acids is 1. The number of aryl methyl sites for hydroxylation is 2. The van der Waals surface area contributed by atoms with Gasteiger partial charge in [-0.15, -0.1) is 0 Å². The molecule has 2 aromatic heterocycles. The van der Waals surface area contributed by atoms with Crippen molar-refractivity contribution in [2.24, 2.45) is 0 Å². The molecule has 0 unspecified atom stereocenters. The van der Waals surface area contributed by atoms with E-state index in [2.05, 4.69) is 22.3 Å². The Labute approximate surface area is 117 Å². The van der Waals surface area contributed by atoms with Crippen molar-refractivity contribution in [3.05, 3.63) is 29.2 Å². The van der Waals surface area contributed by atoms with E-state index >= 15 is 0 Å². The van der Waals surface area contributed by atoms with E-state index in [9.17, 15) is 4.79 Å². The highest BCUT2D eigenvalue weighted by Gasteiger charge is 2.27. The van der Waals surface area contributed by atoms with Gasteiger partial charge in [0, 0.05) is 37.1 Å². The molecule has 0 spiro atoms. The van der Waals surface area contributed by atoms with Crippen LogP contribution in [0.2, 0.25) is 0 Å². The van der Waals surface area contributed by atoms with Gasteiger partial charge in [-0.1, -0.05) is 0 Å². The van der Waals surface area contributed by atoms with Gasteiger partial charge >= 0.3 is 0 Å². The fraction of sp³-hybridized carbons (Fsp3) is 0.500. The second-order valence-electron chi connectivity index (χ2n) is 5.38. The van der Waals surface area contributed by atoms with E-state index in [4.69, 9.17) is 0 Å². The maximum absolute atomic E-state index is 12.7. The van der Waals surface area contributed by atoms with E-state index in [1.54, 1.807) is 10.7 Å². The zero-order chi connectivity index (χ0) is 14.3. The van der Waals surface area contributed by atoms with Crippen molar-refractivity contribution in [3.8, 4) is 0 Å². The van der Waals surface area contributed by atoms with Crippen LogP contribution in [0.5, 0.6) is 0 Å². The van der Waals surface area contributed by atoms with Gasteiger partial charge in [-0.3, -0.25) is 4.79 Å². The Morgan fingerprint density at radius 1 is 1.45 bits per heavy atom. The number of amides is 1. The van der Waals surface area contributed by atoms with Crippen molar-refractivity contribution in [2.75, 3.05) is 19.6 Å². The number of carbonyl (C=O) groups is 1. The fourth-order valence-electron chi connectivity index (χ4n) is 2.72. The first-order valence-electron chi connectivity index (χ1n) is 6.91. The van der Waals surface area contributed by atoms with Crippen molar-refractivity contribution in [3.63, 3.8) is 0 Å². The second-order valence-corrected chi connectivity index (χ2v) is 5.38. The highest BCUT2D eigenvalue weighted by atomic mass is 16.2. The predicted octanol–water partition coefficient (Wildman–Crippen LogP) is 0.780. The van der Waals surface area contributed by atoms with Gasteiger partial charge in [0.1, 0.15) is 5.56 Å². The van der Waals surface area contributed by atoms with Crippen LogP contribution in [-0.4, -0.2) is 51.1 Å². The van der Waals surface area contributed by atoms with Gasteiger partial charge < -0.3 is 10.2 Å². The van der Waals surface area contributed by atoms with Crippen molar-refractivity contribution in [1.29, 1.82) is 0 Å². The summed E-state index contributed by atoms with van der Waals surface area (Å²) in [6.07, 6.45) is 1.63. The molecule has 0 radical (unpaired) electrons. The van der Waals surface area contributed by atoms with Gasteiger partial charge in [0.05, 0.1) is 6.20 Å². The molecule has 2 aromatic rings. The van der Waals surface area contributed by atoms with E-state index in [1.807, 2.05) is 24.8 Å². The molecule has 1 aliphatic heterocycles. The van der Waals surface area contributed by atoms with Gasteiger partial charge in [-0.2, -0.15) is 5.10 Å². The van der Waals surface area contributed by atoms with Crippen LogP contribution in [0.15, 0.2) is 12.3 Å². The third-order valence-corrected chi connectivity index (χ3v) is 3.77. The molecule has 6 heteroatoms. The SMILES string of the molecule is Cc1cc(C)n2ncc(C(=O)N3CCNC[C@H]3C)c2n1. The van der Waals surface area contributed by atoms with Crippen LogP contribution in [-0.2, 0) is 0 Å². The lowest BCUT2D eigenvalue weighted by atomic mass is 10.2. The molecule has 1 amide bonds. The summed E-state index contributed by atoms with van der Waals surface area (Å²) in [5.41, 5.74) is 3.13. The van der Waals surface area contributed by atoms with Crippen LogP contribution < -0.4 is 5.32 Å². The summed E-state index contributed by atoms with van der Waals surface area (Å²) >= 11 is 0. The normalized spacial score (nSPS) is 19.6. The quantitative estimate of drug-likeness (QED) is 0.834. The predicted molar refractivity (Wildman–Crippen MR) is 75.8 cm³/mol. The molecule has 3 rings (SSSR count). The lowest BCUT2D eigenvalue weighted by Gasteiger charge is -2.33. The van der Waals surface area contributed by atoms with Gasteiger partial charge in [-0.05, 0) is 26.8 Å². The van der Waals surface area contributed by atoms with E-state index in [0.29, 0.717) is 11.2 Å². The fourth-order valence-corrected chi connectivity index (χ4v) is 2.72. The highest BCUT2D eigenvalue weighted by Crippen LogP contribution is 2.16. The molecule has 20 heavy (non-hydrogen) atoms. The highest BCUT2D eigenvalue weighted by molar-refractivity contribution is 5.99. The van der Waals surface area contributed by atoms with Gasteiger partial charge in [0.2, 0.25) is 0 Å². The third kappa shape index (κ3) is 2.06. The molecule has 3 heterocycles. The minimum Gasteiger partial charge on any atom is -0.333 e. The molecule has 0 bridgehead atoms. The second kappa shape index (κ2) is 4.86. The molecule has 1 atom stereocenters. The molecule has 1 saturated heterocycles. The Hall–Kier alpha value is -1.95. The van der Waals surface area contributed by atoms with Crippen molar-refractivity contribution in [1.82, 2.24) is 24.8 Å². The molecule has 106 valence electrons. The number of hydrogen-bond acceptors (Lipinski definition) is 4. The summed E-state index contributed by atoms with van der Waals surface area (Å²) in [6, 6.07) is 2.15. The van der Waals surface area contributed by atoms with Crippen LogP contribution >= 0.6 is 0 Å². The lowest BCUT2D eigenvalue weighted by molar-refractivity contribution is 0.0657. The van der Waals surface area contributed by atoms with E-state index in [1.165, 1.54) is 0 Å². The van der Waals surface area contributed by atoms with E-state index in [0.717, 1.165) is 31.0 Å². The molecule has 1 fully saturated rings. The average molecular weight is 273 g/mol. The Morgan fingerprint density at radius 3 is 3.00 bits per heavy atom. The zero-order valence-corrected chi connectivity index (χ0v) is 12.1. The number of fused-ring (bicyclic) bond motifs is 1.